The largest absolute Gasteiger partial charge is 0.507 e. The first kappa shape index (κ1) is 20.1. The molecule has 1 aliphatic carbocycles. The Morgan fingerprint density at radius 2 is 2.00 bits per heavy atom. The number of carboxylic acid groups (broad SMARTS) is 1. The third-order valence-corrected chi connectivity index (χ3v) is 5.38. The zero-order chi connectivity index (χ0) is 19.4. The summed E-state index contributed by atoms with van der Waals surface area (Å²) in [5, 5.41) is 31.1. The number of allylic oxidation sites excluding steroid dienone is 3. The molecule has 4 heteroatoms. The summed E-state index contributed by atoms with van der Waals surface area (Å²) in [7, 11) is 0. The zero-order valence-corrected chi connectivity index (χ0v) is 16.0. The molecular weight excluding hydrogens is 328 g/mol. The van der Waals surface area contributed by atoms with Crippen LogP contribution in [-0.4, -0.2) is 21.3 Å². The summed E-state index contributed by atoms with van der Waals surface area (Å²) in [6.07, 6.45) is 7.19. The molecule has 26 heavy (non-hydrogen) atoms. The third kappa shape index (κ3) is 4.12. The van der Waals surface area contributed by atoms with Crippen molar-refractivity contribution in [2.75, 3.05) is 0 Å². The van der Waals surface area contributed by atoms with E-state index in [2.05, 4.69) is 13.5 Å². The van der Waals surface area contributed by atoms with Crippen molar-refractivity contribution in [3.8, 4) is 11.5 Å². The lowest BCUT2D eigenvalue weighted by Gasteiger charge is -2.32. The van der Waals surface area contributed by atoms with Crippen LogP contribution in [0.4, 0.5) is 0 Å². The molecule has 0 amide bonds. The predicted octanol–water partition coefficient (Wildman–Crippen LogP) is 5.54. The van der Waals surface area contributed by atoms with Crippen molar-refractivity contribution in [1.82, 2.24) is 0 Å². The molecular formula is C22H30O4. The highest BCUT2D eigenvalue weighted by atomic mass is 16.4. The highest BCUT2D eigenvalue weighted by Gasteiger charge is 2.32. The number of benzene rings is 1. The molecule has 142 valence electrons. The summed E-state index contributed by atoms with van der Waals surface area (Å²) in [5.41, 5.74) is 2.88. The van der Waals surface area contributed by atoms with Gasteiger partial charge in [-0.3, -0.25) is 0 Å². The molecule has 1 aliphatic rings. The first-order chi connectivity index (χ1) is 12.3. The van der Waals surface area contributed by atoms with Crippen molar-refractivity contribution < 1.29 is 20.1 Å². The average molecular weight is 358 g/mol. The molecule has 0 radical (unpaired) electrons. The van der Waals surface area contributed by atoms with E-state index in [1.54, 1.807) is 0 Å². The lowest BCUT2D eigenvalue weighted by atomic mass is 9.73. The normalized spacial score (nSPS) is 19.9. The maximum absolute atomic E-state index is 11.8. The van der Waals surface area contributed by atoms with Gasteiger partial charge in [-0.05, 0) is 57.1 Å². The van der Waals surface area contributed by atoms with Gasteiger partial charge in [0, 0.05) is 11.5 Å². The number of rotatable bonds is 7. The number of hydrogen-bond acceptors (Lipinski definition) is 3. The van der Waals surface area contributed by atoms with Gasteiger partial charge in [-0.1, -0.05) is 43.6 Å². The van der Waals surface area contributed by atoms with Crippen LogP contribution < -0.4 is 0 Å². The summed E-state index contributed by atoms with van der Waals surface area (Å²) >= 11 is 0. The van der Waals surface area contributed by atoms with Crippen molar-refractivity contribution >= 4 is 5.97 Å². The Balaban J connectivity index is 2.58. The molecule has 0 bridgehead atoms. The third-order valence-electron chi connectivity index (χ3n) is 5.38. The van der Waals surface area contributed by atoms with Gasteiger partial charge in [-0.2, -0.15) is 0 Å². The van der Waals surface area contributed by atoms with E-state index in [0.29, 0.717) is 17.5 Å². The minimum Gasteiger partial charge on any atom is -0.507 e. The fraction of sp³-hybridized carbons (Fsp3) is 0.500. The smallest absolute Gasteiger partial charge is 0.339 e. The number of phenolic OH excluding ortho intramolecular Hbond substituents is 1. The van der Waals surface area contributed by atoms with E-state index >= 15 is 0 Å². The van der Waals surface area contributed by atoms with Crippen LogP contribution in [0.25, 0.3) is 0 Å². The maximum atomic E-state index is 11.8. The molecule has 0 saturated heterocycles. The van der Waals surface area contributed by atoms with Gasteiger partial charge in [0.05, 0.1) is 0 Å². The Morgan fingerprint density at radius 3 is 2.58 bits per heavy atom. The number of aromatic carboxylic acids is 1. The van der Waals surface area contributed by atoms with E-state index in [-0.39, 0.29) is 28.9 Å². The Kier molecular flexibility index (Phi) is 6.52. The highest BCUT2D eigenvalue weighted by molar-refractivity contribution is 5.94. The molecule has 0 unspecified atom stereocenters. The standard InChI is InChI=1S/C22H30O4/c1-5-6-7-8-15-12-18(23)20(21(24)19(15)22(25)26)17-11-14(4)9-10-16(17)13(2)3/h11-12,16-17,23-24H,2,5-10H2,1,3-4H3,(H,25,26)/t16-,17-/m0/s1. The molecule has 0 spiro atoms. The van der Waals surface area contributed by atoms with Crippen LogP contribution in [0.3, 0.4) is 0 Å². The molecule has 2 rings (SSSR count). The fourth-order valence-corrected chi connectivity index (χ4v) is 3.96. The molecule has 4 nitrogen and oxygen atoms in total. The predicted molar refractivity (Wildman–Crippen MR) is 104 cm³/mol. The highest BCUT2D eigenvalue weighted by Crippen LogP contribution is 2.48. The lowest BCUT2D eigenvalue weighted by molar-refractivity contribution is 0.0692. The van der Waals surface area contributed by atoms with Crippen molar-refractivity contribution in [2.24, 2.45) is 5.92 Å². The summed E-state index contributed by atoms with van der Waals surface area (Å²) in [4.78, 5) is 11.8. The van der Waals surface area contributed by atoms with Crippen LogP contribution in [0, 0.1) is 5.92 Å². The van der Waals surface area contributed by atoms with Crippen molar-refractivity contribution in [2.45, 2.75) is 65.2 Å². The summed E-state index contributed by atoms with van der Waals surface area (Å²) in [5.74, 6) is -1.67. The van der Waals surface area contributed by atoms with Crippen LogP contribution in [0.1, 0.15) is 80.3 Å². The summed E-state index contributed by atoms with van der Waals surface area (Å²) in [6.45, 7) is 10.1. The Labute approximate surface area is 155 Å². The fourth-order valence-electron chi connectivity index (χ4n) is 3.96. The quantitative estimate of drug-likeness (QED) is 0.441. The summed E-state index contributed by atoms with van der Waals surface area (Å²) in [6, 6.07) is 1.53. The topological polar surface area (TPSA) is 77.8 Å². The molecule has 0 aromatic heterocycles. The average Bonchev–Trinajstić information content (AvgIpc) is 2.54. The Bertz CT molecular complexity index is 730. The van der Waals surface area contributed by atoms with Gasteiger partial charge < -0.3 is 15.3 Å². The van der Waals surface area contributed by atoms with Gasteiger partial charge >= 0.3 is 5.97 Å². The molecule has 1 aromatic rings. The maximum Gasteiger partial charge on any atom is 0.339 e. The van der Waals surface area contributed by atoms with Crippen molar-refractivity contribution in [3.63, 3.8) is 0 Å². The van der Waals surface area contributed by atoms with Crippen LogP contribution in [0.2, 0.25) is 0 Å². The summed E-state index contributed by atoms with van der Waals surface area (Å²) < 4.78 is 0. The van der Waals surface area contributed by atoms with Crippen LogP contribution >= 0.6 is 0 Å². The second kappa shape index (κ2) is 8.43. The first-order valence-electron chi connectivity index (χ1n) is 9.41. The number of aryl methyl sites for hydroxylation is 1. The number of carboxylic acids is 1. The van der Waals surface area contributed by atoms with Gasteiger partial charge in [0.15, 0.2) is 0 Å². The molecule has 1 aromatic carbocycles. The van der Waals surface area contributed by atoms with Crippen molar-refractivity contribution in [3.05, 3.63) is 46.6 Å². The van der Waals surface area contributed by atoms with Gasteiger partial charge in [0.1, 0.15) is 17.1 Å². The van der Waals surface area contributed by atoms with E-state index in [0.717, 1.165) is 37.7 Å². The molecule has 3 N–H and O–H groups in total. The minimum atomic E-state index is -1.15. The molecule has 2 atom stereocenters. The lowest BCUT2D eigenvalue weighted by Crippen LogP contribution is -2.18. The van der Waals surface area contributed by atoms with Gasteiger partial charge in [-0.15, -0.1) is 0 Å². The second-order valence-electron chi connectivity index (χ2n) is 7.48. The first-order valence-corrected chi connectivity index (χ1v) is 9.41. The van der Waals surface area contributed by atoms with E-state index in [1.165, 1.54) is 11.6 Å². The van der Waals surface area contributed by atoms with Gasteiger partial charge in [0.2, 0.25) is 0 Å². The van der Waals surface area contributed by atoms with Crippen LogP contribution in [0.15, 0.2) is 29.9 Å². The van der Waals surface area contributed by atoms with Gasteiger partial charge in [0.25, 0.3) is 0 Å². The number of aromatic hydroxyl groups is 2. The number of unbranched alkanes of at least 4 members (excludes halogenated alkanes) is 2. The van der Waals surface area contributed by atoms with E-state index < -0.39 is 5.97 Å². The number of phenols is 2. The molecule has 0 saturated carbocycles. The van der Waals surface area contributed by atoms with Crippen molar-refractivity contribution in [1.29, 1.82) is 0 Å². The van der Waals surface area contributed by atoms with Gasteiger partial charge in [-0.25, -0.2) is 4.79 Å². The van der Waals surface area contributed by atoms with E-state index in [4.69, 9.17) is 0 Å². The van der Waals surface area contributed by atoms with E-state index in [9.17, 15) is 20.1 Å². The Hall–Kier alpha value is -2.23. The SMILES string of the molecule is C=C(C)[C@@H]1CCC(C)=C[C@@H]1c1c(O)cc(CCCCC)c(C(=O)O)c1O. The molecule has 0 fully saturated rings. The Morgan fingerprint density at radius 1 is 1.31 bits per heavy atom. The monoisotopic (exact) mass is 358 g/mol. The second-order valence-corrected chi connectivity index (χ2v) is 7.48. The van der Waals surface area contributed by atoms with Crippen LogP contribution in [0.5, 0.6) is 11.5 Å². The molecule has 0 heterocycles. The van der Waals surface area contributed by atoms with Crippen LogP contribution in [-0.2, 0) is 6.42 Å². The minimum absolute atomic E-state index is 0.0267. The zero-order valence-electron chi connectivity index (χ0n) is 16.0. The number of hydrogen-bond donors (Lipinski definition) is 3. The van der Waals surface area contributed by atoms with E-state index in [1.807, 2.05) is 19.9 Å². The number of carbonyl (C=O) groups is 1. The molecule has 0 aliphatic heterocycles.